The highest BCUT2D eigenvalue weighted by molar-refractivity contribution is 5.77. The Hall–Kier alpha value is -0.0575. The lowest BCUT2D eigenvalue weighted by Gasteiger charge is -1.97. The summed E-state index contributed by atoms with van der Waals surface area (Å²) in [7, 11) is 0. The second-order valence-electron chi connectivity index (χ2n) is 3.13. The molecule has 0 aromatic heterocycles. The molecule has 0 saturated heterocycles. The number of hydrogen-bond donors (Lipinski definition) is 0. The van der Waals surface area contributed by atoms with E-state index in [1.54, 1.807) is 0 Å². The molecule has 0 radical (unpaired) electrons. The lowest BCUT2D eigenvalue weighted by molar-refractivity contribution is -0.118. The molecule has 0 unspecified atom stereocenters. The van der Waals surface area contributed by atoms with Gasteiger partial charge in [-0.15, -0.1) is 6.58 Å². The summed E-state index contributed by atoms with van der Waals surface area (Å²) in [5.74, 6) is 0.402. The monoisotopic (exact) mass is 198 g/mol. The highest BCUT2D eigenvalue weighted by Crippen LogP contribution is 2.06. The maximum absolute atomic E-state index is 10.9. The molecule has 76 valence electrons. The van der Waals surface area contributed by atoms with E-state index in [2.05, 4.69) is 6.58 Å². The first-order chi connectivity index (χ1) is 5.81. The average molecular weight is 198 g/mol. The number of unbranched alkanes of at least 4 members (excludes halogenated alkanes) is 4. The van der Waals surface area contributed by atoms with Crippen LogP contribution in [0.3, 0.4) is 0 Å². The van der Waals surface area contributed by atoms with Gasteiger partial charge in [-0.2, -0.15) is 0 Å². The summed E-state index contributed by atoms with van der Waals surface area (Å²) in [4.78, 5) is 10.9. The molecular weight excluding hydrogens is 175 g/mol. The number of hydrogen-bond acceptors (Lipinski definition) is 1. The zero-order valence-electron chi connectivity index (χ0n) is 8.14. The molecule has 1 nitrogen and oxygen atoms in total. The zero-order valence-corrected chi connectivity index (χ0v) is 8.14. The van der Waals surface area contributed by atoms with E-state index in [1.165, 1.54) is 19.3 Å². The largest absolute Gasteiger partial charge is 0.300 e. The fourth-order valence-electron chi connectivity index (χ4n) is 1.14. The Morgan fingerprint density at radius 1 is 1.23 bits per heavy atom. The average Bonchev–Trinajstić information content (AvgIpc) is 2.10. The predicted octanol–water partition coefficient (Wildman–Crippen LogP) is 2.31. The van der Waals surface area contributed by atoms with Crippen molar-refractivity contribution in [1.29, 1.82) is 0 Å². The third kappa shape index (κ3) is 11.9. The second kappa shape index (κ2) is 11.9. The van der Waals surface area contributed by atoms with Crippen molar-refractivity contribution in [3.63, 3.8) is 0 Å². The van der Waals surface area contributed by atoms with E-state index >= 15 is 0 Å². The Morgan fingerprint density at radius 3 is 2.38 bits per heavy atom. The molecule has 0 rings (SSSR count). The lowest BCUT2D eigenvalue weighted by atomic mass is 10.1. The lowest BCUT2D eigenvalue weighted by Crippen LogP contribution is -1.93. The number of Topliss-reactive ketones (excluding diaryl/α,β-unsaturated/α-hetero) is 1. The number of ketones is 1. The molecule has 2 heteroatoms. The van der Waals surface area contributed by atoms with Crippen LogP contribution in [0.15, 0.2) is 12.7 Å². The molecular formula is C11H23AlO. The van der Waals surface area contributed by atoms with Crippen LogP contribution in [0.1, 0.15) is 51.9 Å². The molecule has 0 atom stereocenters. The summed E-state index contributed by atoms with van der Waals surface area (Å²) in [5.41, 5.74) is 0. The van der Waals surface area contributed by atoms with Crippen molar-refractivity contribution in [1.82, 2.24) is 0 Å². The molecule has 0 aliphatic heterocycles. The van der Waals surface area contributed by atoms with Gasteiger partial charge in [0.2, 0.25) is 0 Å². The Bertz CT molecular complexity index is 132. The summed E-state index contributed by atoms with van der Waals surface area (Å²) in [5, 5.41) is 0. The van der Waals surface area contributed by atoms with Gasteiger partial charge >= 0.3 is 0 Å². The van der Waals surface area contributed by atoms with Crippen LogP contribution in [0.5, 0.6) is 0 Å². The van der Waals surface area contributed by atoms with Crippen molar-refractivity contribution in [3.05, 3.63) is 12.7 Å². The van der Waals surface area contributed by atoms with E-state index < -0.39 is 0 Å². The zero-order chi connectivity index (χ0) is 9.23. The molecule has 0 aromatic carbocycles. The predicted molar refractivity (Wildman–Crippen MR) is 63.1 cm³/mol. The van der Waals surface area contributed by atoms with Gasteiger partial charge in [-0.25, -0.2) is 0 Å². The molecule has 13 heavy (non-hydrogen) atoms. The highest BCUT2D eigenvalue weighted by Gasteiger charge is 1.96. The normalized spacial score (nSPS) is 9.00. The van der Waals surface area contributed by atoms with E-state index in [0.29, 0.717) is 12.2 Å². The number of carbonyl (C=O) groups excluding carboxylic acids is 1. The number of carbonyl (C=O) groups is 1. The summed E-state index contributed by atoms with van der Waals surface area (Å²) in [6.45, 7) is 5.60. The molecule has 0 N–H and O–H groups in total. The fraction of sp³-hybridized carbons (Fsp3) is 0.727. The van der Waals surface area contributed by atoms with Crippen molar-refractivity contribution in [2.45, 2.75) is 51.9 Å². The summed E-state index contributed by atoms with van der Waals surface area (Å²) in [6.07, 6.45) is 9.28. The van der Waals surface area contributed by atoms with Gasteiger partial charge in [0.05, 0.1) is 0 Å². The van der Waals surface area contributed by atoms with Gasteiger partial charge in [-0.3, -0.25) is 4.79 Å². The Balaban J connectivity index is 0. The van der Waals surface area contributed by atoms with Gasteiger partial charge in [0.1, 0.15) is 5.78 Å². The SMILES string of the molecule is C=CCCCCCCC(=O)CC.[AlH3]. The van der Waals surface area contributed by atoms with E-state index in [0.717, 1.165) is 19.3 Å². The smallest absolute Gasteiger partial charge is 0.187 e. The molecule has 0 saturated carbocycles. The van der Waals surface area contributed by atoms with Gasteiger partial charge in [-0.05, 0) is 19.3 Å². The van der Waals surface area contributed by atoms with Crippen LogP contribution >= 0.6 is 0 Å². The van der Waals surface area contributed by atoms with Crippen molar-refractivity contribution >= 4 is 23.1 Å². The topological polar surface area (TPSA) is 17.1 Å². The van der Waals surface area contributed by atoms with Crippen molar-refractivity contribution in [3.8, 4) is 0 Å². The van der Waals surface area contributed by atoms with Crippen LogP contribution in [0.2, 0.25) is 0 Å². The number of allylic oxidation sites excluding steroid dienone is 1. The minimum atomic E-state index is 0. The highest BCUT2D eigenvalue weighted by atomic mass is 27.0. The molecule has 0 aliphatic carbocycles. The fourth-order valence-corrected chi connectivity index (χ4v) is 1.14. The van der Waals surface area contributed by atoms with E-state index in [4.69, 9.17) is 0 Å². The van der Waals surface area contributed by atoms with Crippen molar-refractivity contribution < 1.29 is 4.79 Å². The third-order valence-electron chi connectivity index (χ3n) is 2.01. The standard InChI is InChI=1S/C11H20O.Al.3H/c1-3-5-6-7-8-9-10-11(12)4-2;;;;/h3H,1,4-10H2,2H3;;;;. The van der Waals surface area contributed by atoms with Gasteiger partial charge < -0.3 is 0 Å². The van der Waals surface area contributed by atoms with Crippen LogP contribution in [-0.4, -0.2) is 23.1 Å². The first-order valence-corrected chi connectivity index (χ1v) is 4.93. The molecule has 0 aliphatic rings. The Labute approximate surface area is 92.7 Å². The van der Waals surface area contributed by atoms with Crippen LogP contribution in [0.25, 0.3) is 0 Å². The van der Waals surface area contributed by atoms with E-state index in [-0.39, 0.29) is 17.4 Å². The Morgan fingerprint density at radius 2 is 1.85 bits per heavy atom. The van der Waals surface area contributed by atoms with Crippen LogP contribution < -0.4 is 0 Å². The third-order valence-corrected chi connectivity index (χ3v) is 2.01. The minimum Gasteiger partial charge on any atom is -0.300 e. The second-order valence-corrected chi connectivity index (χ2v) is 3.13. The quantitative estimate of drug-likeness (QED) is 0.332. The number of rotatable bonds is 8. The van der Waals surface area contributed by atoms with Gasteiger partial charge in [0, 0.05) is 12.8 Å². The first kappa shape index (κ1) is 15.4. The summed E-state index contributed by atoms with van der Waals surface area (Å²) >= 11 is 0. The van der Waals surface area contributed by atoms with Crippen molar-refractivity contribution in [2.75, 3.05) is 0 Å². The molecule has 0 amide bonds. The molecule has 0 fully saturated rings. The minimum absolute atomic E-state index is 0. The van der Waals surface area contributed by atoms with E-state index in [9.17, 15) is 4.79 Å². The summed E-state index contributed by atoms with van der Waals surface area (Å²) < 4.78 is 0. The summed E-state index contributed by atoms with van der Waals surface area (Å²) in [6, 6.07) is 0. The van der Waals surface area contributed by atoms with Gasteiger partial charge in [0.25, 0.3) is 0 Å². The maximum Gasteiger partial charge on any atom is 0.187 e. The molecule has 0 spiro atoms. The Kier molecular flexibility index (Phi) is 14.2. The van der Waals surface area contributed by atoms with Crippen LogP contribution in [0, 0.1) is 0 Å². The van der Waals surface area contributed by atoms with Crippen LogP contribution in [0.4, 0.5) is 0 Å². The van der Waals surface area contributed by atoms with Crippen LogP contribution in [-0.2, 0) is 4.79 Å². The molecule has 0 heterocycles. The molecule has 0 aromatic rings. The van der Waals surface area contributed by atoms with E-state index in [1.807, 2.05) is 13.0 Å². The van der Waals surface area contributed by atoms with Crippen molar-refractivity contribution in [2.24, 2.45) is 0 Å². The van der Waals surface area contributed by atoms with Gasteiger partial charge in [-0.1, -0.05) is 25.8 Å². The first-order valence-electron chi connectivity index (χ1n) is 4.93. The molecule has 0 bridgehead atoms. The maximum atomic E-state index is 10.9. The van der Waals surface area contributed by atoms with Gasteiger partial charge in [0.15, 0.2) is 17.4 Å².